The smallest absolute Gasteiger partial charge is 0.271 e. The third-order valence-corrected chi connectivity index (χ3v) is 2.89. The van der Waals surface area contributed by atoms with Gasteiger partial charge in [0.2, 0.25) is 0 Å². The number of ether oxygens (including phenoxy) is 2. The molecule has 0 bridgehead atoms. The summed E-state index contributed by atoms with van der Waals surface area (Å²) in [6, 6.07) is 10.1. The van der Waals surface area contributed by atoms with E-state index in [-0.39, 0.29) is 23.7 Å². The van der Waals surface area contributed by atoms with E-state index >= 15 is 0 Å². The molecular formula is C15H14N2O6. The first-order valence-corrected chi connectivity index (χ1v) is 6.54. The molecule has 0 atom stereocenters. The maximum Gasteiger partial charge on any atom is 0.271 e. The molecule has 2 aromatic rings. The van der Waals surface area contributed by atoms with Gasteiger partial charge >= 0.3 is 0 Å². The van der Waals surface area contributed by atoms with Crippen molar-refractivity contribution in [1.82, 2.24) is 0 Å². The molecule has 1 amide bonds. The number of hydrogen-bond donors (Lipinski definition) is 2. The molecule has 0 aliphatic carbocycles. The van der Waals surface area contributed by atoms with Gasteiger partial charge in [0.05, 0.1) is 17.7 Å². The van der Waals surface area contributed by atoms with E-state index in [4.69, 9.17) is 9.47 Å². The monoisotopic (exact) mass is 318 g/mol. The lowest BCUT2D eigenvalue weighted by molar-refractivity contribution is -0.384. The molecule has 2 N–H and O–H groups in total. The summed E-state index contributed by atoms with van der Waals surface area (Å²) in [5, 5.41) is 22.7. The number of nitro benzene ring substituents is 1. The van der Waals surface area contributed by atoms with Gasteiger partial charge in [-0.25, -0.2) is 0 Å². The highest BCUT2D eigenvalue weighted by Gasteiger charge is 2.13. The zero-order valence-corrected chi connectivity index (χ0v) is 12.2. The third kappa shape index (κ3) is 4.10. The summed E-state index contributed by atoms with van der Waals surface area (Å²) in [5.41, 5.74) is -0.309. The first-order valence-electron chi connectivity index (χ1n) is 6.54. The number of para-hydroxylation sites is 2. The maximum atomic E-state index is 11.9. The quantitative estimate of drug-likeness (QED) is 0.480. The van der Waals surface area contributed by atoms with Crippen LogP contribution in [0.1, 0.15) is 0 Å². The second-order valence-electron chi connectivity index (χ2n) is 4.45. The molecule has 0 fully saturated rings. The van der Waals surface area contributed by atoms with Crippen molar-refractivity contribution in [3.63, 3.8) is 0 Å². The van der Waals surface area contributed by atoms with E-state index in [2.05, 4.69) is 5.32 Å². The second-order valence-corrected chi connectivity index (χ2v) is 4.45. The average molecular weight is 318 g/mol. The van der Waals surface area contributed by atoms with Crippen LogP contribution in [0.15, 0.2) is 42.5 Å². The summed E-state index contributed by atoms with van der Waals surface area (Å²) in [7, 11) is 1.48. The molecule has 0 aliphatic rings. The highest BCUT2D eigenvalue weighted by Crippen LogP contribution is 2.28. The molecule has 8 nitrogen and oxygen atoms in total. The van der Waals surface area contributed by atoms with Crippen LogP contribution in [0.4, 0.5) is 11.4 Å². The zero-order valence-electron chi connectivity index (χ0n) is 12.2. The molecule has 0 saturated heterocycles. The van der Waals surface area contributed by atoms with E-state index in [1.54, 1.807) is 24.3 Å². The molecule has 0 aliphatic heterocycles. The lowest BCUT2D eigenvalue weighted by Crippen LogP contribution is -2.20. The van der Waals surface area contributed by atoms with Crippen LogP contribution in [0.2, 0.25) is 0 Å². The number of phenolic OH excluding ortho intramolecular Hbond substituents is 1. The number of nitro groups is 1. The summed E-state index contributed by atoms with van der Waals surface area (Å²) in [5.74, 6) is -0.000133. The zero-order chi connectivity index (χ0) is 16.8. The SMILES string of the molecule is COc1ccccc1OCC(=O)Nc1cc([N+](=O)[O-])ccc1O. The van der Waals surface area contributed by atoms with Crippen LogP contribution in [0, 0.1) is 10.1 Å². The Morgan fingerprint density at radius 3 is 2.61 bits per heavy atom. The molecule has 0 spiro atoms. The van der Waals surface area contributed by atoms with E-state index < -0.39 is 10.8 Å². The van der Waals surface area contributed by atoms with E-state index in [0.29, 0.717) is 11.5 Å². The van der Waals surface area contributed by atoms with Crippen LogP contribution in [-0.4, -0.2) is 29.7 Å². The fraction of sp³-hybridized carbons (Fsp3) is 0.133. The van der Waals surface area contributed by atoms with Gasteiger partial charge in [0.15, 0.2) is 18.1 Å². The van der Waals surface area contributed by atoms with E-state index in [1.807, 2.05) is 0 Å². The third-order valence-electron chi connectivity index (χ3n) is 2.89. The lowest BCUT2D eigenvalue weighted by atomic mass is 10.2. The second kappa shape index (κ2) is 7.12. The van der Waals surface area contributed by atoms with Gasteiger partial charge in [0, 0.05) is 12.1 Å². The summed E-state index contributed by atoms with van der Waals surface area (Å²) in [6.07, 6.45) is 0. The van der Waals surface area contributed by atoms with Crippen molar-refractivity contribution in [2.75, 3.05) is 19.0 Å². The number of carbonyl (C=O) groups excluding carboxylic acids is 1. The number of carbonyl (C=O) groups is 1. The molecular weight excluding hydrogens is 304 g/mol. The number of nitrogens with one attached hydrogen (secondary N) is 1. The van der Waals surface area contributed by atoms with Gasteiger partial charge in [-0.1, -0.05) is 12.1 Å². The Morgan fingerprint density at radius 1 is 1.26 bits per heavy atom. The van der Waals surface area contributed by atoms with Crippen LogP contribution < -0.4 is 14.8 Å². The van der Waals surface area contributed by atoms with Crippen molar-refractivity contribution in [1.29, 1.82) is 0 Å². The van der Waals surface area contributed by atoms with Crippen molar-refractivity contribution in [3.8, 4) is 17.2 Å². The number of methoxy groups -OCH3 is 1. The number of benzene rings is 2. The number of phenols is 1. The first-order chi connectivity index (χ1) is 11.0. The van der Waals surface area contributed by atoms with Gasteiger partial charge in [-0.2, -0.15) is 0 Å². The molecule has 0 saturated carbocycles. The Bertz CT molecular complexity index is 732. The number of aromatic hydroxyl groups is 1. The molecule has 0 radical (unpaired) electrons. The Hall–Kier alpha value is -3.29. The van der Waals surface area contributed by atoms with Crippen molar-refractivity contribution in [2.24, 2.45) is 0 Å². The largest absolute Gasteiger partial charge is 0.506 e. The van der Waals surface area contributed by atoms with Gasteiger partial charge in [-0.3, -0.25) is 14.9 Å². The summed E-state index contributed by atoms with van der Waals surface area (Å²) >= 11 is 0. The molecule has 2 rings (SSSR count). The van der Waals surface area contributed by atoms with E-state index in [0.717, 1.165) is 18.2 Å². The highest BCUT2D eigenvalue weighted by molar-refractivity contribution is 5.93. The number of rotatable bonds is 6. The Kier molecular flexibility index (Phi) is 4.98. The van der Waals surface area contributed by atoms with Crippen LogP contribution in [0.25, 0.3) is 0 Å². The molecule has 0 aromatic heterocycles. The standard InChI is InChI=1S/C15H14N2O6/c1-22-13-4-2-3-5-14(13)23-9-15(19)16-11-8-10(17(20)21)6-7-12(11)18/h2-8,18H,9H2,1H3,(H,16,19). The Morgan fingerprint density at radius 2 is 1.96 bits per heavy atom. The minimum absolute atomic E-state index is 0.0622. The normalized spacial score (nSPS) is 9.96. The maximum absolute atomic E-state index is 11.9. The topological polar surface area (TPSA) is 111 Å². The Balaban J connectivity index is 2.02. The molecule has 23 heavy (non-hydrogen) atoms. The van der Waals surface area contributed by atoms with Crippen LogP contribution in [0.3, 0.4) is 0 Å². The number of non-ortho nitro benzene ring substituents is 1. The number of amides is 1. The minimum atomic E-state index is -0.625. The molecule has 8 heteroatoms. The van der Waals surface area contributed by atoms with Gasteiger partial charge in [-0.15, -0.1) is 0 Å². The fourth-order valence-corrected chi connectivity index (χ4v) is 1.81. The fourth-order valence-electron chi connectivity index (χ4n) is 1.81. The van der Waals surface area contributed by atoms with E-state index in [1.165, 1.54) is 7.11 Å². The van der Waals surface area contributed by atoms with Crippen LogP contribution >= 0.6 is 0 Å². The van der Waals surface area contributed by atoms with Crippen molar-refractivity contribution >= 4 is 17.3 Å². The number of anilines is 1. The lowest BCUT2D eigenvalue weighted by Gasteiger charge is -2.11. The van der Waals surface area contributed by atoms with Gasteiger partial charge in [0.25, 0.3) is 11.6 Å². The average Bonchev–Trinajstić information content (AvgIpc) is 2.55. The summed E-state index contributed by atoms with van der Waals surface area (Å²) < 4.78 is 10.4. The first kappa shape index (κ1) is 16.1. The summed E-state index contributed by atoms with van der Waals surface area (Å²) in [6.45, 7) is -0.345. The molecule has 2 aromatic carbocycles. The van der Waals surface area contributed by atoms with Crippen molar-refractivity contribution in [2.45, 2.75) is 0 Å². The summed E-state index contributed by atoms with van der Waals surface area (Å²) in [4.78, 5) is 21.9. The molecule has 120 valence electrons. The predicted molar refractivity (Wildman–Crippen MR) is 81.9 cm³/mol. The highest BCUT2D eigenvalue weighted by atomic mass is 16.6. The van der Waals surface area contributed by atoms with Gasteiger partial charge in [-0.05, 0) is 18.2 Å². The van der Waals surface area contributed by atoms with E-state index in [9.17, 15) is 20.0 Å². The van der Waals surface area contributed by atoms with Gasteiger partial charge in [0.1, 0.15) is 5.75 Å². The number of hydrogen-bond acceptors (Lipinski definition) is 6. The predicted octanol–water partition coefficient (Wildman–Crippen LogP) is 2.33. The molecule has 0 unspecified atom stereocenters. The molecule has 0 heterocycles. The van der Waals surface area contributed by atoms with Crippen LogP contribution in [0.5, 0.6) is 17.2 Å². The Labute approximate surface area is 131 Å². The number of nitrogens with zero attached hydrogens (tertiary/aromatic N) is 1. The van der Waals surface area contributed by atoms with Crippen LogP contribution in [-0.2, 0) is 4.79 Å². The van der Waals surface area contributed by atoms with Gasteiger partial charge < -0.3 is 19.9 Å². The minimum Gasteiger partial charge on any atom is -0.506 e. The van der Waals surface area contributed by atoms with Crippen molar-refractivity contribution in [3.05, 3.63) is 52.6 Å². The van der Waals surface area contributed by atoms with Crippen molar-refractivity contribution < 1.29 is 24.3 Å².